The van der Waals surface area contributed by atoms with Crippen LogP contribution in [0, 0.1) is 0 Å². The van der Waals surface area contributed by atoms with Gasteiger partial charge in [0.05, 0.1) is 6.61 Å². The SMILES string of the molecule is CCCCOC[C@H]1O[P+](=O)C[C@@H](OCCCC)[C@@H]1OCCCC. The van der Waals surface area contributed by atoms with Crippen LogP contribution in [0.25, 0.3) is 0 Å². The topological polar surface area (TPSA) is 54.0 Å². The second-order valence-electron chi connectivity index (χ2n) is 6.04. The van der Waals surface area contributed by atoms with Crippen LogP contribution in [0.3, 0.4) is 0 Å². The van der Waals surface area contributed by atoms with Gasteiger partial charge in [-0.05, 0) is 23.8 Å². The van der Waals surface area contributed by atoms with Gasteiger partial charge in [-0.2, -0.15) is 0 Å². The van der Waals surface area contributed by atoms with Gasteiger partial charge in [0.1, 0.15) is 12.2 Å². The van der Waals surface area contributed by atoms with Crippen LogP contribution in [-0.2, 0) is 23.3 Å². The van der Waals surface area contributed by atoms with E-state index in [1.165, 1.54) is 0 Å². The van der Waals surface area contributed by atoms with Crippen molar-refractivity contribution in [2.24, 2.45) is 0 Å². The molecule has 136 valence electrons. The van der Waals surface area contributed by atoms with E-state index in [2.05, 4.69) is 20.8 Å². The lowest BCUT2D eigenvalue weighted by Gasteiger charge is -2.31. The normalized spacial score (nSPS) is 26.6. The minimum atomic E-state index is -1.70. The maximum atomic E-state index is 12.0. The largest absolute Gasteiger partial charge is 0.511 e. The number of hydrogen-bond acceptors (Lipinski definition) is 5. The van der Waals surface area contributed by atoms with Gasteiger partial charge >= 0.3 is 8.03 Å². The van der Waals surface area contributed by atoms with Crippen molar-refractivity contribution in [3.8, 4) is 0 Å². The number of hydrogen-bond donors (Lipinski definition) is 0. The van der Waals surface area contributed by atoms with Crippen molar-refractivity contribution in [1.82, 2.24) is 0 Å². The summed E-state index contributed by atoms with van der Waals surface area (Å²) >= 11 is 0. The fourth-order valence-electron chi connectivity index (χ4n) is 2.42. The summed E-state index contributed by atoms with van der Waals surface area (Å²) < 4.78 is 35.3. The lowest BCUT2D eigenvalue weighted by atomic mass is 10.1. The fourth-order valence-corrected chi connectivity index (χ4v) is 3.60. The molecule has 0 aromatic heterocycles. The number of unbranched alkanes of at least 4 members (excludes halogenated alkanes) is 3. The van der Waals surface area contributed by atoms with Crippen molar-refractivity contribution in [3.05, 3.63) is 0 Å². The Morgan fingerprint density at radius 2 is 1.57 bits per heavy atom. The molecule has 0 amide bonds. The first kappa shape index (κ1) is 21.0. The molecule has 4 atom stereocenters. The maximum Gasteiger partial charge on any atom is 0.511 e. The summed E-state index contributed by atoms with van der Waals surface area (Å²) in [5, 5.41) is 0. The molecule has 6 heteroatoms. The van der Waals surface area contributed by atoms with Gasteiger partial charge in [0.25, 0.3) is 0 Å². The van der Waals surface area contributed by atoms with Crippen molar-refractivity contribution in [2.45, 2.75) is 77.6 Å². The highest BCUT2D eigenvalue weighted by atomic mass is 31.1. The standard InChI is InChI=1S/C17H34O5P/c1-4-7-10-19-13-15-17(21-12-9-6-3)16(14-23(18)22-15)20-11-8-5-2/h15-17H,4-14H2,1-3H3/q+1/t15-,16-,17-/m1/s1. The molecule has 0 radical (unpaired) electrons. The highest BCUT2D eigenvalue weighted by Gasteiger charge is 2.47. The molecule has 1 heterocycles. The van der Waals surface area contributed by atoms with Crippen molar-refractivity contribution < 1.29 is 23.3 Å². The molecule has 0 spiro atoms. The summed E-state index contributed by atoms with van der Waals surface area (Å²) in [4.78, 5) is 0. The highest BCUT2D eigenvalue weighted by molar-refractivity contribution is 7.39. The minimum absolute atomic E-state index is 0.157. The number of rotatable bonds is 13. The zero-order chi connectivity index (χ0) is 16.9. The fraction of sp³-hybridized carbons (Fsp3) is 1.00. The smallest absolute Gasteiger partial charge is 0.378 e. The minimum Gasteiger partial charge on any atom is -0.378 e. The first-order chi connectivity index (χ1) is 11.2. The Labute approximate surface area is 142 Å². The van der Waals surface area contributed by atoms with Gasteiger partial charge in [-0.1, -0.05) is 40.0 Å². The molecule has 1 saturated heterocycles. The highest BCUT2D eigenvalue weighted by Crippen LogP contribution is 2.36. The average molecular weight is 349 g/mol. The van der Waals surface area contributed by atoms with Gasteiger partial charge in [-0.3, -0.25) is 0 Å². The Morgan fingerprint density at radius 1 is 0.957 bits per heavy atom. The Hall–Kier alpha value is -0.0600. The molecule has 23 heavy (non-hydrogen) atoms. The van der Waals surface area contributed by atoms with E-state index in [4.69, 9.17) is 18.7 Å². The van der Waals surface area contributed by atoms with Crippen LogP contribution < -0.4 is 0 Å². The zero-order valence-corrected chi connectivity index (χ0v) is 15.9. The summed E-state index contributed by atoms with van der Waals surface area (Å²) in [6.45, 7) is 8.89. The van der Waals surface area contributed by atoms with E-state index < -0.39 is 8.03 Å². The van der Waals surface area contributed by atoms with Crippen LogP contribution in [0.2, 0.25) is 0 Å². The van der Waals surface area contributed by atoms with E-state index >= 15 is 0 Å². The Balaban J connectivity index is 2.58. The summed E-state index contributed by atoms with van der Waals surface area (Å²) in [5.74, 6) is 0. The van der Waals surface area contributed by atoms with Crippen LogP contribution in [0.1, 0.15) is 59.3 Å². The monoisotopic (exact) mass is 349 g/mol. The van der Waals surface area contributed by atoms with E-state index in [1.807, 2.05) is 0 Å². The van der Waals surface area contributed by atoms with Crippen molar-refractivity contribution >= 4 is 8.03 Å². The molecule has 0 N–H and O–H groups in total. The van der Waals surface area contributed by atoms with Crippen molar-refractivity contribution in [3.63, 3.8) is 0 Å². The molecule has 1 fully saturated rings. The summed E-state index contributed by atoms with van der Waals surface area (Å²) in [6.07, 6.45) is 6.08. The molecule has 0 aromatic carbocycles. The van der Waals surface area contributed by atoms with Gasteiger partial charge in [-0.25, -0.2) is 0 Å². The second-order valence-corrected chi connectivity index (χ2v) is 7.28. The van der Waals surface area contributed by atoms with Crippen LogP contribution in [-0.4, -0.2) is 50.9 Å². The quantitative estimate of drug-likeness (QED) is 0.366. The second kappa shape index (κ2) is 13.3. The van der Waals surface area contributed by atoms with Gasteiger partial charge in [0.2, 0.25) is 6.16 Å². The van der Waals surface area contributed by atoms with E-state index in [9.17, 15) is 4.57 Å². The van der Waals surface area contributed by atoms with Crippen LogP contribution in [0.5, 0.6) is 0 Å². The molecular formula is C17H34O5P+. The van der Waals surface area contributed by atoms with Gasteiger partial charge in [0, 0.05) is 19.8 Å². The lowest BCUT2D eigenvalue weighted by Crippen LogP contribution is -2.49. The molecule has 1 aliphatic heterocycles. The Kier molecular flexibility index (Phi) is 12.1. The lowest BCUT2D eigenvalue weighted by molar-refractivity contribution is -0.133. The van der Waals surface area contributed by atoms with Crippen LogP contribution >= 0.6 is 8.03 Å². The average Bonchev–Trinajstić information content (AvgIpc) is 2.54. The zero-order valence-electron chi connectivity index (χ0n) is 15.0. The molecule has 0 aromatic rings. The molecule has 0 saturated carbocycles. The maximum absolute atomic E-state index is 12.0. The molecular weight excluding hydrogens is 315 g/mol. The van der Waals surface area contributed by atoms with Gasteiger partial charge < -0.3 is 14.2 Å². The molecule has 5 nitrogen and oxygen atoms in total. The number of ether oxygens (including phenoxy) is 3. The first-order valence-electron chi connectivity index (χ1n) is 9.15. The molecule has 0 bridgehead atoms. The molecule has 0 aliphatic carbocycles. The molecule has 1 unspecified atom stereocenters. The Bertz CT molecular complexity index is 313. The van der Waals surface area contributed by atoms with Gasteiger partial charge in [-0.15, -0.1) is 4.52 Å². The van der Waals surface area contributed by atoms with E-state index in [1.54, 1.807) is 0 Å². The van der Waals surface area contributed by atoms with Crippen molar-refractivity contribution in [1.29, 1.82) is 0 Å². The summed E-state index contributed by atoms with van der Waals surface area (Å²) in [6, 6.07) is 0. The predicted molar refractivity (Wildman–Crippen MR) is 92.4 cm³/mol. The first-order valence-corrected chi connectivity index (χ1v) is 10.5. The van der Waals surface area contributed by atoms with Gasteiger partial charge in [0.15, 0.2) is 6.10 Å². The third-order valence-electron chi connectivity index (χ3n) is 3.88. The summed E-state index contributed by atoms with van der Waals surface area (Å²) in [7, 11) is -1.70. The van der Waals surface area contributed by atoms with Crippen LogP contribution in [0.15, 0.2) is 0 Å². The van der Waals surface area contributed by atoms with Crippen molar-refractivity contribution in [2.75, 3.05) is 32.6 Å². The third-order valence-corrected chi connectivity index (χ3v) is 5.04. The Morgan fingerprint density at radius 3 is 2.22 bits per heavy atom. The van der Waals surface area contributed by atoms with Crippen LogP contribution in [0.4, 0.5) is 0 Å². The molecule has 1 aliphatic rings. The van der Waals surface area contributed by atoms with E-state index in [-0.39, 0.29) is 18.3 Å². The molecule has 1 rings (SSSR count). The predicted octanol–water partition coefficient (Wildman–Crippen LogP) is 4.31. The summed E-state index contributed by atoms with van der Waals surface area (Å²) in [5.41, 5.74) is 0. The third kappa shape index (κ3) is 8.55. The van der Waals surface area contributed by atoms with E-state index in [0.717, 1.165) is 38.5 Å². The van der Waals surface area contributed by atoms with E-state index in [0.29, 0.717) is 32.6 Å².